The number of nitrogens with zero attached hydrogens (tertiary/aromatic N) is 2. The lowest BCUT2D eigenvalue weighted by atomic mass is 10.1. The highest BCUT2D eigenvalue weighted by Gasteiger charge is 2.43. The molecule has 1 aromatic heterocycles. The maximum atomic E-state index is 12.1. The van der Waals surface area contributed by atoms with Gasteiger partial charge in [-0.2, -0.15) is 0 Å². The number of carbonyl (C=O) groups excluding carboxylic acids is 2. The number of nitrogens with one attached hydrogen (secondary N) is 1. The van der Waals surface area contributed by atoms with Gasteiger partial charge >= 0.3 is 6.03 Å². The smallest absolute Gasteiger partial charge is 0.324 e. The molecule has 2 rings (SSSR count). The molecule has 0 radical (unpaired) electrons. The fourth-order valence-electron chi connectivity index (χ4n) is 2.59. The summed E-state index contributed by atoms with van der Waals surface area (Å²) in [7, 11) is 2.08. The second kappa shape index (κ2) is 6.38. The second-order valence-electron chi connectivity index (χ2n) is 6.47. The van der Waals surface area contributed by atoms with Crippen LogP contribution < -0.4 is 5.32 Å². The molecule has 0 aromatic carbocycles. The minimum atomic E-state index is -0.773. The van der Waals surface area contributed by atoms with Crippen molar-refractivity contribution >= 4 is 23.3 Å². The van der Waals surface area contributed by atoms with Gasteiger partial charge in [0, 0.05) is 28.9 Å². The number of hydrogen-bond donors (Lipinski definition) is 1. The molecule has 122 valence electrons. The van der Waals surface area contributed by atoms with Crippen LogP contribution >= 0.6 is 11.3 Å². The van der Waals surface area contributed by atoms with Gasteiger partial charge in [0.1, 0.15) is 5.54 Å². The van der Waals surface area contributed by atoms with Crippen LogP contribution in [0.4, 0.5) is 4.79 Å². The third-order valence-electron chi connectivity index (χ3n) is 4.17. The van der Waals surface area contributed by atoms with Crippen LogP contribution in [0.1, 0.15) is 43.0 Å². The van der Waals surface area contributed by atoms with Crippen LogP contribution in [-0.2, 0) is 4.79 Å². The molecule has 0 saturated carbocycles. The molecule has 1 aliphatic heterocycles. The van der Waals surface area contributed by atoms with Crippen LogP contribution in [-0.4, -0.2) is 47.4 Å². The Balaban J connectivity index is 1.83. The van der Waals surface area contributed by atoms with Crippen molar-refractivity contribution in [1.82, 2.24) is 15.1 Å². The van der Waals surface area contributed by atoms with E-state index >= 15 is 0 Å². The summed E-state index contributed by atoms with van der Waals surface area (Å²) in [6.45, 7) is 9.08. The lowest BCUT2D eigenvalue weighted by Crippen LogP contribution is -2.40. The summed E-state index contributed by atoms with van der Waals surface area (Å²) in [5.41, 5.74) is -0.773. The van der Waals surface area contributed by atoms with Crippen LogP contribution in [0.25, 0.3) is 0 Å². The van der Waals surface area contributed by atoms with E-state index in [1.165, 1.54) is 14.7 Å². The van der Waals surface area contributed by atoms with E-state index in [2.05, 4.69) is 43.2 Å². The molecule has 22 heavy (non-hydrogen) atoms. The highest BCUT2D eigenvalue weighted by atomic mass is 32.1. The van der Waals surface area contributed by atoms with Crippen molar-refractivity contribution in [1.29, 1.82) is 0 Å². The lowest BCUT2D eigenvalue weighted by Gasteiger charge is -2.24. The number of hydrogen-bond acceptors (Lipinski definition) is 4. The van der Waals surface area contributed by atoms with Gasteiger partial charge < -0.3 is 5.32 Å². The number of carbonyl (C=O) groups is 2. The minimum Gasteiger partial charge on any atom is -0.324 e. The summed E-state index contributed by atoms with van der Waals surface area (Å²) in [5.74, 6) is -0.137. The lowest BCUT2D eigenvalue weighted by molar-refractivity contribution is -0.130. The quantitative estimate of drug-likeness (QED) is 0.819. The Hall–Kier alpha value is -1.40. The van der Waals surface area contributed by atoms with Crippen molar-refractivity contribution < 1.29 is 9.59 Å². The predicted octanol–water partition coefficient (Wildman–Crippen LogP) is 2.77. The van der Waals surface area contributed by atoms with Gasteiger partial charge in [-0.1, -0.05) is 0 Å². The first-order valence-electron chi connectivity index (χ1n) is 7.63. The van der Waals surface area contributed by atoms with Crippen molar-refractivity contribution in [3.8, 4) is 0 Å². The molecule has 1 fully saturated rings. The number of urea groups is 1. The SMILES string of the molecule is Cc1ccc([C@H](C)N(C)CCCN2C(=O)NC(C)(C)C2=O)s1. The molecule has 0 bridgehead atoms. The van der Waals surface area contributed by atoms with Crippen molar-refractivity contribution in [2.45, 2.75) is 45.7 Å². The van der Waals surface area contributed by atoms with Crippen LogP contribution in [0.5, 0.6) is 0 Å². The van der Waals surface area contributed by atoms with E-state index in [1.807, 2.05) is 11.3 Å². The summed E-state index contributed by atoms with van der Waals surface area (Å²) in [4.78, 5) is 30.2. The molecule has 1 N–H and O–H groups in total. The van der Waals surface area contributed by atoms with Crippen LogP contribution in [0, 0.1) is 6.92 Å². The molecule has 5 nitrogen and oxygen atoms in total. The number of imide groups is 1. The fraction of sp³-hybridized carbons (Fsp3) is 0.625. The third-order valence-corrected chi connectivity index (χ3v) is 5.34. The van der Waals surface area contributed by atoms with Gasteiger partial charge in [-0.05, 0) is 53.3 Å². The van der Waals surface area contributed by atoms with Crippen LogP contribution in [0.3, 0.4) is 0 Å². The molecule has 2 heterocycles. The molecule has 1 aromatic rings. The number of thiophene rings is 1. The third kappa shape index (κ3) is 3.50. The molecular weight excluding hydrogens is 298 g/mol. The topological polar surface area (TPSA) is 52.6 Å². The first-order chi connectivity index (χ1) is 10.2. The highest BCUT2D eigenvalue weighted by molar-refractivity contribution is 7.12. The minimum absolute atomic E-state index is 0.137. The second-order valence-corrected chi connectivity index (χ2v) is 7.79. The van der Waals surface area contributed by atoms with Crippen LogP contribution in [0.15, 0.2) is 12.1 Å². The summed E-state index contributed by atoms with van der Waals surface area (Å²) < 4.78 is 0. The summed E-state index contributed by atoms with van der Waals surface area (Å²) >= 11 is 1.81. The average molecular weight is 323 g/mol. The van der Waals surface area contributed by atoms with Gasteiger partial charge in [0.05, 0.1) is 0 Å². The van der Waals surface area contributed by atoms with Gasteiger partial charge in [-0.3, -0.25) is 14.6 Å². The molecule has 0 unspecified atom stereocenters. The average Bonchev–Trinajstić information content (AvgIpc) is 2.94. The van der Waals surface area contributed by atoms with Gasteiger partial charge in [0.2, 0.25) is 0 Å². The zero-order valence-electron chi connectivity index (χ0n) is 14.0. The summed E-state index contributed by atoms with van der Waals surface area (Å²) in [6.07, 6.45) is 0.778. The number of amides is 3. The maximum Gasteiger partial charge on any atom is 0.325 e. The van der Waals surface area contributed by atoms with E-state index in [4.69, 9.17) is 0 Å². The summed E-state index contributed by atoms with van der Waals surface area (Å²) in [5, 5.41) is 2.71. The molecule has 1 atom stereocenters. The van der Waals surface area contributed by atoms with Gasteiger partial charge in [-0.25, -0.2) is 4.79 Å². The molecular formula is C16H25N3O2S. The maximum absolute atomic E-state index is 12.1. The van der Waals surface area contributed by atoms with Gasteiger partial charge in [0.15, 0.2) is 0 Å². The zero-order chi connectivity index (χ0) is 16.5. The number of aryl methyl sites for hydroxylation is 1. The Morgan fingerprint density at radius 1 is 1.36 bits per heavy atom. The molecule has 1 aliphatic rings. The van der Waals surface area contributed by atoms with Crippen LogP contribution in [0.2, 0.25) is 0 Å². The summed E-state index contributed by atoms with van der Waals surface area (Å²) in [6, 6.07) is 4.37. The first kappa shape index (κ1) is 17.0. The molecule has 6 heteroatoms. The Bertz CT molecular complexity index is 567. The fourth-order valence-corrected chi connectivity index (χ4v) is 3.58. The van der Waals surface area contributed by atoms with Gasteiger partial charge in [0.25, 0.3) is 5.91 Å². The van der Waals surface area contributed by atoms with Crippen molar-refractivity contribution in [3.05, 3.63) is 21.9 Å². The molecule has 0 aliphatic carbocycles. The van der Waals surface area contributed by atoms with Crippen molar-refractivity contribution in [2.24, 2.45) is 0 Å². The van der Waals surface area contributed by atoms with E-state index in [0.29, 0.717) is 12.6 Å². The van der Waals surface area contributed by atoms with E-state index in [0.717, 1.165) is 13.0 Å². The Morgan fingerprint density at radius 2 is 2.05 bits per heavy atom. The first-order valence-corrected chi connectivity index (χ1v) is 8.44. The molecule has 3 amide bonds. The van der Waals surface area contributed by atoms with E-state index in [-0.39, 0.29) is 11.9 Å². The largest absolute Gasteiger partial charge is 0.325 e. The standard InChI is InChI=1S/C16H25N3O2S/c1-11-7-8-13(22-11)12(2)18(5)9-6-10-19-14(20)16(3,4)17-15(19)21/h7-8,12H,6,9-10H2,1-5H3,(H,17,21)/t12-/m0/s1. The monoisotopic (exact) mass is 323 g/mol. The normalized spacial score (nSPS) is 18.9. The number of rotatable bonds is 6. The highest BCUT2D eigenvalue weighted by Crippen LogP contribution is 2.26. The van der Waals surface area contributed by atoms with E-state index in [1.54, 1.807) is 13.8 Å². The van der Waals surface area contributed by atoms with E-state index in [9.17, 15) is 9.59 Å². The van der Waals surface area contributed by atoms with Gasteiger partial charge in [-0.15, -0.1) is 11.3 Å². The predicted molar refractivity (Wildman–Crippen MR) is 89.0 cm³/mol. The zero-order valence-corrected chi connectivity index (χ0v) is 14.8. The molecule has 0 spiro atoms. The Morgan fingerprint density at radius 3 is 2.55 bits per heavy atom. The van der Waals surface area contributed by atoms with E-state index < -0.39 is 5.54 Å². The molecule has 1 saturated heterocycles. The Labute approximate surface area is 136 Å². The van der Waals surface area contributed by atoms with Crippen molar-refractivity contribution in [3.63, 3.8) is 0 Å². The van der Waals surface area contributed by atoms with Crippen molar-refractivity contribution in [2.75, 3.05) is 20.1 Å². The Kier molecular flexibility index (Phi) is 4.92.